The third kappa shape index (κ3) is 4.90. The van der Waals surface area contributed by atoms with E-state index in [4.69, 9.17) is 16.3 Å². The highest BCUT2D eigenvalue weighted by Gasteiger charge is 2.36. The second-order valence-electron chi connectivity index (χ2n) is 6.43. The number of halogens is 1. The molecule has 1 N–H and O–H groups in total. The maximum Gasteiger partial charge on any atom is 0.410 e. The lowest BCUT2D eigenvalue weighted by Gasteiger charge is -2.29. The van der Waals surface area contributed by atoms with E-state index in [1.165, 1.54) is 0 Å². The third-order valence-electron chi connectivity index (χ3n) is 3.24. The van der Waals surface area contributed by atoms with Crippen molar-refractivity contribution < 1.29 is 14.6 Å². The molecule has 1 atom stereocenters. The summed E-state index contributed by atoms with van der Waals surface area (Å²) in [6.07, 6.45) is 0.826. The Morgan fingerprint density at radius 3 is 2.43 bits per heavy atom. The van der Waals surface area contributed by atoms with Crippen LogP contribution in [0.5, 0.6) is 0 Å². The lowest BCUT2D eigenvalue weighted by atomic mass is 10.1. The Morgan fingerprint density at radius 1 is 1.38 bits per heavy atom. The second-order valence-corrected chi connectivity index (χ2v) is 6.87. The molecular weight excluding hydrogens is 290 g/mol. The molecule has 5 heteroatoms. The first kappa shape index (κ1) is 16.1. The molecule has 1 aromatic rings. The molecule has 0 aliphatic heterocycles. The minimum Gasteiger partial charge on any atom is -0.444 e. The van der Waals surface area contributed by atoms with Gasteiger partial charge in [-0.1, -0.05) is 23.7 Å². The third-order valence-corrected chi connectivity index (χ3v) is 3.49. The maximum absolute atomic E-state index is 12.2. The minimum atomic E-state index is -0.740. The van der Waals surface area contributed by atoms with Crippen LogP contribution in [0.4, 0.5) is 4.79 Å². The summed E-state index contributed by atoms with van der Waals surface area (Å²) in [6.45, 7) is 5.75. The summed E-state index contributed by atoms with van der Waals surface area (Å²) in [6, 6.07) is 7.19. The van der Waals surface area contributed by atoms with Gasteiger partial charge in [0.1, 0.15) is 5.60 Å². The van der Waals surface area contributed by atoms with Crippen LogP contribution in [-0.4, -0.2) is 34.3 Å². The molecule has 0 radical (unpaired) electrons. The Hall–Kier alpha value is -1.26. The Kier molecular flexibility index (Phi) is 4.79. The molecule has 1 fully saturated rings. The molecule has 4 nitrogen and oxygen atoms in total. The van der Waals surface area contributed by atoms with Crippen molar-refractivity contribution in [1.82, 2.24) is 4.90 Å². The zero-order valence-corrected chi connectivity index (χ0v) is 13.4. The monoisotopic (exact) mass is 311 g/mol. The molecule has 116 valence electrons. The van der Waals surface area contributed by atoms with Gasteiger partial charge in [-0.25, -0.2) is 4.79 Å². The van der Waals surface area contributed by atoms with E-state index in [1.54, 1.807) is 29.2 Å². The van der Waals surface area contributed by atoms with Gasteiger partial charge in [-0.2, -0.15) is 0 Å². The molecular formula is C16H22ClNO3. The number of rotatable bonds is 4. The number of hydrogen-bond acceptors (Lipinski definition) is 3. The number of amides is 1. The van der Waals surface area contributed by atoms with Crippen LogP contribution in [0.2, 0.25) is 5.02 Å². The largest absolute Gasteiger partial charge is 0.444 e. The summed E-state index contributed by atoms with van der Waals surface area (Å²) in [5.41, 5.74) is 0.212. The number of ether oxygens (including phenoxy) is 1. The zero-order chi connectivity index (χ0) is 15.6. The Bertz CT molecular complexity index is 491. The van der Waals surface area contributed by atoms with Gasteiger partial charge >= 0.3 is 6.09 Å². The number of aliphatic hydroxyl groups is 1. The quantitative estimate of drug-likeness (QED) is 0.920. The van der Waals surface area contributed by atoms with E-state index in [0.29, 0.717) is 5.02 Å². The van der Waals surface area contributed by atoms with E-state index in [9.17, 15) is 9.90 Å². The molecule has 0 aromatic heterocycles. The molecule has 1 saturated carbocycles. The fraction of sp³-hybridized carbons (Fsp3) is 0.562. The molecule has 1 amide bonds. The second kappa shape index (κ2) is 6.24. The zero-order valence-electron chi connectivity index (χ0n) is 12.7. The van der Waals surface area contributed by atoms with Gasteiger partial charge in [0.05, 0.1) is 12.6 Å². The molecule has 1 unspecified atom stereocenters. The first-order valence-electron chi connectivity index (χ1n) is 7.19. The van der Waals surface area contributed by atoms with E-state index >= 15 is 0 Å². The summed E-state index contributed by atoms with van der Waals surface area (Å²) >= 11 is 5.84. The number of aliphatic hydroxyl groups excluding tert-OH is 1. The maximum atomic E-state index is 12.2. The van der Waals surface area contributed by atoms with Gasteiger partial charge in [0, 0.05) is 11.1 Å². The molecule has 1 aliphatic carbocycles. The van der Waals surface area contributed by atoms with Gasteiger partial charge in [-0.15, -0.1) is 0 Å². The molecule has 0 spiro atoms. The summed E-state index contributed by atoms with van der Waals surface area (Å²) in [5, 5.41) is 10.9. The van der Waals surface area contributed by atoms with Crippen molar-refractivity contribution in [2.24, 2.45) is 0 Å². The minimum absolute atomic E-state index is 0.182. The molecule has 2 rings (SSSR count). The highest BCUT2D eigenvalue weighted by molar-refractivity contribution is 6.30. The smallest absolute Gasteiger partial charge is 0.410 e. The van der Waals surface area contributed by atoms with Crippen molar-refractivity contribution in [2.75, 3.05) is 6.54 Å². The van der Waals surface area contributed by atoms with Gasteiger partial charge in [0.15, 0.2) is 0 Å². The molecule has 1 aliphatic rings. The summed E-state index contributed by atoms with van der Waals surface area (Å²) < 4.78 is 5.41. The fourth-order valence-electron chi connectivity index (χ4n) is 2.06. The van der Waals surface area contributed by atoms with Gasteiger partial charge in [-0.05, 0) is 51.3 Å². The SMILES string of the molecule is CC(C)(C)OC(=O)N(CC(O)c1ccc(Cl)cc1)C1CC1. The van der Waals surface area contributed by atoms with Gasteiger partial charge in [-0.3, -0.25) is 0 Å². The Morgan fingerprint density at radius 2 is 1.95 bits per heavy atom. The van der Waals surface area contributed by atoms with Crippen LogP contribution in [0, 0.1) is 0 Å². The lowest BCUT2D eigenvalue weighted by molar-refractivity contribution is 0.0124. The number of nitrogens with zero attached hydrogens (tertiary/aromatic N) is 1. The fourth-order valence-corrected chi connectivity index (χ4v) is 2.18. The number of hydrogen-bond donors (Lipinski definition) is 1. The molecule has 0 bridgehead atoms. The predicted molar refractivity (Wildman–Crippen MR) is 82.4 cm³/mol. The molecule has 0 heterocycles. The van der Waals surface area contributed by atoms with Crippen LogP contribution in [-0.2, 0) is 4.74 Å². The van der Waals surface area contributed by atoms with E-state index in [0.717, 1.165) is 18.4 Å². The van der Waals surface area contributed by atoms with Crippen LogP contribution < -0.4 is 0 Å². The van der Waals surface area contributed by atoms with Crippen molar-refractivity contribution in [2.45, 2.75) is 51.4 Å². The summed E-state index contributed by atoms with van der Waals surface area (Å²) in [4.78, 5) is 13.9. The molecule has 1 aromatic carbocycles. The number of carbonyl (C=O) groups excluding carboxylic acids is 1. The molecule has 21 heavy (non-hydrogen) atoms. The van der Waals surface area contributed by atoms with E-state index in [-0.39, 0.29) is 18.7 Å². The van der Waals surface area contributed by atoms with E-state index in [1.807, 2.05) is 20.8 Å². The van der Waals surface area contributed by atoms with Crippen LogP contribution >= 0.6 is 11.6 Å². The average Bonchev–Trinajstić information content (AvgIpc) is 3.18. The standard InChI is InChI=1S/C16H22ClNO3/c1-16(2,3)21-15(20)18(13-8-9-13)10-14(19)11-4-6-12(17)7-5-11/h4-7,13-14,19H,8-10H2,1-3H3. The van der Waals surface area contributed by atoms with E-state index in [2.05, 4.69) is 0 Å². The first-order chi connectivity index (χ1) is 9.76. The van der Waals surface area contributed by atoms with Crippen molar-refractivity contribution in [1.29, 1.82) is 0 Å². The number of carbonyl (C=O) groups is 1. The van der Waals surface area contributed by atoms with Crippen LogP contribution in [0.25, 0.3) is 0 Å². The predicted octanol–water partition coefficient (Wildman–Crippen LogP) is 3.77. The lowest BCUT2D eigenvalue weighted by Crippen LogP contribution is -2.40. The summed E-state index contributed by atoms with van der Waals surface area (Å²) in [5.74, 6) is 0. The molecule has 0 saturated heterocycles. The van der Waals surface area contributed by atoms with Gasteiger partial charge in [0.25, 0.3) is 0 Å². The van der Waals surface area contributed by atoms with Gasteiger partial charge < -0.3 is 14.7 Å². The van der Waals surface area contributed by atoms with Crippen molar-refractivity contribution >= 4 is 17.7 Å². The topological polar surface area (TPSA) is 49.8 Å². The summed E-state index contributed by atoms with van der Waals surface area (Å²) in [7, 11) is 0. The van der Waals surface area contributed by atoms with E-state index < -0.39 is 11.7 Å². The normalized spacial score (nSPS) is 16.4. The Labute approximate surface area is 130 Å². The van der Waals surface area contributed by atoms with Crippen molar-refractivity contribution in [3.8, 4) is 0 Å². The van der Waals surface area contributed by atoms with Crippen LogP contribution in [0.1, 0.15) is 45.3 Å². The van der Waals surface area contributed by atoms with Crippen molar-refractivity contribution in [3.05, 3.63) is 34.9 Å². The number of benzene rings is 1. The average molecular weight is 312 g/mol. The highest BCUT2D eigenvalue weighted by atomic mass is 35.5. The first-order valence-corrected chi connectivity index (χ1v) is 7.57. The van der Waals surface area contributed by atoms with Crippen molar-refractivity contribution in [3.63, 3.8) is 0 Å². The van der Waals surface area contributed by atoms with Gasteiger partial charge in [0.2, 0.25) is 0 Å². The Balaban J connectivity index is 2.02. The van der Waals surface area contributed by atoms with Crippen LogP contribution in [0.15, 0.2) is 24.3 Å². The van der Waals surface area contributed by atoms with Crippen LogP contribution in [0.3, 0.4) is 0 Å². The highest BCUT2D eigenvalue weighted by Crippen LogP contribution is 2.30.